The van der Waals surface area contributed by atoms with Gasteiger partial charge in [-0.3, -0.25) is 9.63 Å². The zero-order valence-electron chi connectivity index (χ0n) is 8.83. The maximum Gasteiger partial charge on any atom is 0.251 e. The second-order valence-corrected chi connectivity index (χ2v) is 4.00. The Hall–Kier alpha value is -0.610. The zero-order valence-corrected chi connectivity index (χ0v) is 8.83. The van der Waals surface area contributed by atoms with E-state index in [2.05, 4.69) is 30.9 Å². The molecule has 0 aliphatic carbocycles. The van der Waals surface area contributed by atoms with Crippen molar-refractivity contribution in [3.05, 3.63) is 0 Å². The Labute approximate surface area is 79.8 Å². The minimum atomic E-state index is -0.431. The number of amides is 1. The van der Waals surface area contributed by atoms with E-state index in [1.165, 1.54) is 0 Å². The van der Waals surface area contributed by atoms with Gasteiger partial charge in [-0.2, -0.15) is 0 Å². The van der Waals surface area contributed by atoms with E-state index < -0.39 is 6.10 Å². The first kappa shape index (κ1) is 12.4. The Balaban J connectivity index is 0.000000310. The number of nitrogens with two attached hydrogens (primary N) is 1. The van der Waals surface area contributed by atoms with E-state index in [4.69, 9.17) is 5.90 Å². The van der Waals surface area contributed by atoms with E-state index in [1.54, 1.807) is 0 Å². The number of rotatable bonds is 1. The van der Waals surface area contributed by atoms with Gasteiger partial charge in [0.1, 0.15) is 0 Å². The fourth-order valence-corrected chi connectivity index (χ4v) is 0.940. The van der Waals surface area contributed by atoms with Crippen LogP contribution in [0.3, 0.4) is 0 Å². The van der Waals surface area contributed by atoms with Crippen LogP contribution < -0.4 is 11.2 Å². The van der Waals surface area contributed by atoms with Gasteiger partial charge in [0.25, 0.3) is 5.91 Å². The normalized spacial score (nSPS) is 26.8. The number of hydrogen-bond acceptors (Lipinski definition) is 3. The largest absolute Gasteiger partial charge is 0.351 e. The molecule has 1 rings (SSSR count). The Morgan fingerprint density at radius 3 is 2.15 bits per heavy atom. The first-order chi connectivity index (χ1) is 5.97. The third-order valence-corrected chi connectivity index (χ3v) is 1.41. The highest BCUT2D eigenvalue weighted by Crippen LogP contribution is 2.08. The molecule has 0 spiro atoms. The van der Waals surface area contributed by atoms with Gasteiger partial charge in [-0.15, -0.1) is 0 Å². The van der Waals surface area contributed by atoms with Crippen LogP contribution in [-0.2, 0) is 9.63 Å². The summed E-state index contributed by atoms with van der Waals surface area (Å²) in [5.41, 5.74) is 0. The predicted octanol–water partition coefficient (Wildman–Crippen LogP) is 0.816. The van der Waals surface area contributed by atoms with Crippen LogP contribution >= 0.6 is 0 Å². The quantitative estimate of drug-likeness (QED) is 0.599. The standard InChI is InChI=1S/C5H10N2O2.C4H10/c1-3-2-4(9-6)5(8)7-3;1-4(2)3/h3-4H,2,6H2,1H3,(H,7,8);4H,1-3H3. The van der Waals surface area contributed by atoms with Crippen molar-refractivity contribution in [1.29, 1.82) is 0 Å². The van der Waals surface area contributed by atoms with Crippen LogP contribution in [0.4, 0.5) is 0 Å². The van der Waals surface area contributed by atoms with Crippen molar-refractivity contribution in [2.24, 2.45) is 11.8 Å². The number of nitrogens with one attached hydrogen (secondary N) is 1. The van der Waals surface area contributed by atoms with Gasteiger partial charge in [0.15, 0.2) is 6.10 Å². The molecule has 78 valence electrons. The van der Waals surface area contributed by atoms with Crippen LogP contribution in [0, 0.1) is 5.92 Å². The van der Waals surface area contributed by atoms with Crippen LogP contribution in [0.15, 0.2) is 0 Å². The van der Waals surface area contributed by atoms with E-state index in [-0.39, 0.29) is 11.9 Å². The highest BCUT2D eigenvalue weighted by Gasteiger charge is 2.29. The maximum absolute atomic E-state index is 10.7. The molecule has 1 heterocycles. The lowest BCUT2D eigenvalue weighted by Crippen LogP contribution is -2.28. The van der Waals surface area contributed by atoms with Gasteiger partial charge in [0.2, 0.25) is 0 Å². The molecule has 0 aromatic heterocycles. The van der Waals surface area contributed by atoms with Gasteiger partial charge in [0.05, 0.1) is 0 Å². The molecule has 0 radical (unpaired) electrons. The fraction of sp³-hybridized carbons (Fsp3) is 0.889. The average Bonchev–Trinajstić information content (AvgIpc) is 2.28. The van der Waals surface area contributed by atoms with E-state index in [9.17, 15) is 4.79 Å². The topological polar surface area (TPSA) is 64.3 Å². The lowest BCUT2D eigenvalue weighted by molar-refractivity contribution is -0.129. The molecule has 0 aromatic carbocycles. The summed E-state index contributed by atoms with van der Waals surface area (Å²) < 4.78 is 0. The van der Waals surface area contributed by atoms with Crippen molar-refractivity contribution in [1.82, 2.24) is 5.32 Å². The molecule has 4 heteroatoms. The summed E-state index contributed by atoms with van der Waals surface area (Å²) in [6, 6.07) is 0.200. The molecule has 13 heavy (non-hydrogen) atoms. The van der Waals surface area contributed by atoms with Gasteiger partial charge >= 0.3 is 0 Å². The first-order valence-corrected chi connectivity index (χ1v) is 4.63. The molecule has 3 N–H and O–H groups in total. The van der Waals surface area contributed by atoms with Crippen molar-refractivity contribution < 1.29 is 9.63 Å². The Morgan fingerprint density at radius 2 is 2.00 bits per heavy atom. The molecule has 0 aromatic rings. The first-order valence-electron chi connectivity index (χ1n) is 4.63. The highest BCUT2D eigenvalue weighted by molar-refractivity contribution is 5.83. The Bertz CT molecular complexity index is 157. The molecule has 0 bridgehead atoms. The molecule has 1 saturated heterocycles. The molecule has 1 amide bonds. The number of hydrogen-bond donors (Lipinski definition) is 2. The summed E-state index contributed by atoms with van der Waals surface area (Å²) in [5, 5.41) is 2.67. The zero-order chi connectivity index (χ0) is 10.4. The number of carbonyl (C=O) groups is 1. The Kier molecular flexibility index (Phi) is 5.66. The van der Waals surface area contributed by atoms with Crippen molar-refractivity contribution in [2.45, 2.75) is 46.3 Å². The van der Waals surface area contributed by atoms with Gasteiger partial charge in [-0.1, -0.05) is 20.8 Å². The second kappa shape index (κ2) is 5.94. The lowest BCUT2D eigenvalue weighted by atomic mass is 10.2. The van der Waals surface area contributed by atoms with E-state index in [0.29, 0.717) is 6.42 Å². The van der Waals surface area contributed by atoms with E-state index >= 15 is 0 Å². The molecule has 2 atom stereocenters. The Morgan fingerprint density at radius 1 is 1.54 bits per heavy atom. The van der Waals surface area contributed by atoms with E-state index in [0.717, 1.165) is 5.92 Å². The fourth-order valence-electron chi connectivity index (χ4n) is 0.940. The molecular weight excluding hydrogens is 168 g/mol. The summed E-state index contributed by atoms with van der Waals surface area (Å²) in [6.45, 7) is 8.41. The van der Waals surface area contributed by atoms with Crippen molar-refractivity contribution in [3.8, 4) is 0 Å². The van der Waals surface area contributed by atoms with Crippen LogP contribution in [-0.4, -0.2) is 18.1 Å². The molecular formula is C9H20N2O2. The van der Waals surface area contributed by atoms with Crippen LogP contribution in [0.25, 0.3) is 0 Å². The van der Waals surface area contributed by atoms with Gasteiger partial charge < -0.3 is 5.32 Å². The van der Waals surface area contributed by atoms with Crippen LogP contribution in [0.2, 0.25) is 0 Å². The second-order valence-electron chi connectivity index (χ2n) is 4.00. The molecule has 0 saturated carbocycles. The third-order valence-electron chi connectivity index (χ3n) is 1.41. The molecule has 4 nitrogen and oxygen atoms in total. The summed E-state index contributed by atoms with van der Waals surface area (Å²) in [7, 11) is 0. The predicted molar refractivity (Wildman–Crippen MR) is 51.8 cm³/mol. The third kappa shape index (κ3) is 5.60. The highest BCUT2D eigenvalue weighted by atomic mass is 16.6. The minimum absolute atomic E-state index is 0.106. The maximum atomic E-state index is 10.7. The van der Waals surface area contributed by atoms with E-state index in [1.807, 2.05) is 6.92 Å². The average molecular weight is 188 g/mol. The summed E-state index contributed by atoms with van der Waals surface area (Å²) in [5.74, 6) is 5.55. The SMILES string of the molecule is CC(C)C.CC1CC(ON)C(=O)N1. The molecule has 2 unspecified atom stereocenters. The lowest BCUT2D eigenvalue weighted by Gasteiger charge is -1.99. The molecule has 1 aliphatic rings. The van der Waals surface area contributed by atoms with Crippen molar-refractivity contribution in [2.75, 3.05) is 0 Å². The van der Waals surface area contributed by atoms with Crippen LogP contribution in [0.1, 0.15) is 34.1 Å². The summed E-state index contributed by atoms with van der Waals surface area (Å²) in [6.07, 6.45) is 0.245. The minimum Gasteiger partial charge on any atom is -0.351 e. The number of carbonyl (C=O) groups excluding carboxylic acids is 1. The van der Waals surface area contributed by atoms with Gasteiger partial charge in [-0.25, -0.2) is 5.90 Å². The van der Waals surface area contributed by atoms with Gasteiger partial charge in [-0.05, 0) is 12.8 Å². The molecule has 1 fully saturated rings. The van der Waals surface area contributed by atoms with Gasteiger partial charge in [0, 0.05) is 12.5 Å². The molecule has 1 aliphatic heterocycles. The van der Waals surface area contributed by atoms with Crippen molar-refractivity contribution in [3.63, 3.8) is 0 Å². The van der Waals surface area contributed by atoms with Crippen LogP contribution in [0.5, 0.6) is 0 Å². The smallest absolute Gasteiger partial charge is 0.251 e. The summed E-state index contributed by atoms with van der Waals surface area (Å²) in [4.78, 5) is 15.1. The van der Waals surface area contributed by atoms with Crippen molar-refractivity contribution >= 4 is 5.91 Å². The monoisotopic (exact) mass is 188 g/mol. The summed E-state index contributed by atoms with van der Waals surface area (Å²) >= 11 is 0.